The Morgan fingerprint density at radius 2 is 1.83 bits per heavy atom. The van der Waals surface area contributed by atoms with E-state index in [2.05, 4.69) is 27.7 Å². The number of nitrogens with one attached hydrogen (secondary N) is 1. The first kappa shape index (κ1) is 19.9. The van der Waals surface area contributed by atoms with Gasteiger partial charge in [0.1, 0.15) is 0 Å². The smallest absolute Gasteiger partial charge is 0.377 e. The molecule has 9 heteroatoms. The molecular formula is C14H21N3O3S2Si. The maximum atomic E-state index is 5.64. The topological polar surface area (TPSA) is 78.1 Å². The second-order valence-corrected chi connectivity index (χ2v) is 8.40. The monoisotopic (exact) mass is 371 g/mol. The molecule has 0 saturated heterocycles. The molecule has 0 heterocycles. The first-order chi connectivity index (χ1) is 11.0. The van der Waals surface area contributed by atoms with E-state index >= 15 is 0 Å². The fourth-order valence-corrected chi connectivity index (χ4v) is 4.21. The SMILES string of the molecule is CO[Si](CCC(NC(N)=S)c1ccc(N=C=S)cc1)(OC)OC. The van der Waals surface area contributed by atoms with Gasteiger partial charge in [-0.15, -0.1) is 0 Å². The van der Waals surface area contributed by atoms with E-state index in [0.717, 1.165) is 11.3 Å². The number of nitrogens with zero attached hydrogens (tertiary/aromatic N) is 1. The van der Waals surface area contributed by atoms with Gasteiger partial charge in [-0.25, -0.2) is 0 Å². The zero-order valence-corrected chi connectivity index (χ0v) is 16.0. The van der Waals surface area contributed by atoms with Gasteiger partial charge in [0.25, 0.3) is 0 Å². The summed E-state index contributed by atoms with van der Waals surface area (Å²) in [6, 6.07) is 8.14. The summed E-state index contributed by atoms with van der Waals surface area (Å²) < 4.78 is 16.3. The number of nitrogens with two attached hydrogens (primary N) is 1. The lowest BCUT2D eigenvalue weighted by atomic mass is 10.0. The molecule has 0 amide bonds. The molecule has 126 valence electrons. The molecule has 6 nitrogen and oxygen atoms in total. The number of isothiocyanates is 1. The predicted molar refractivity (Wildman–Crippen MR) is 100.0 cm³/mol. The summed E-state index contributed by atoms with van der Waals surface area (Å²) >= 11 is 9.57. The summed E-state index contributed by atoms with van der Waals surface area (Å²) in [6.07, 6.45) is 0.689. The maximum Gasteiger partial charge on any atom is 0.500 e. The standard InChI is InChI=1S/C14H21N3O3S2Si/c1-18-23(19-2,20-3)9-8-13(17-14(15)22)11-4-6-12(7-5-11)16-10-21/h4-7,13H,8-9H2,1-3H3,(H3,15,17,22). The molecule has 0 bridgehead atoms. The van der Waals surface area contributed by atoms with Crippen molar-refractivity contribution in [2.24, 2.45) is 10.7 Å². The summed E-state index contributed by atoms with van der Waals surface area (Å²) in [7, 11) is 2.12. The molecule has 0 aliphatic heterocycles. The highest BCUT2D eigenvalue weighted by atomic mass is 32.1. The lowest BCUT2D eigenvalue weighted by Crippen LogP contribution is -2.44. The van der Waals surface area contributed by atoms with Crippen molar-refractivity contribution in [2.45, 2.75) is 18.5 Å². The third-order valence-electron chi connectivity index (χ3n) is 3.46. The fourth-order valence-electron chi connectivity index (χ4n) is 2.21. The molecule has 0 aromatic heterocycles. The van der Waals surface area contributed by atoms with Crippen molar-refractivity contribution in [3.05, 3.63) is 29.8 Å². The summed E-state index contributed by atoms with van der Waals surface area (Å²) in [5, 5.41) is 5.66. The minimum atomic E-state index is -2.65. The summed E-state index contributed by atoms with van der Waals surface area (Å²) in [5.41, 5.74) is 7.40. The molecule has 1 aromatic rings. The van der Waals surface area contributed by atoms with Crippen LogP contribution in [0.25, 0.3) is 0 Å². The maximum absolute atomic E-state index is 5.64. The van der Waals surface area contributed by atoms with Crippen LogP contribution in [0.4, 0.5) is 5.69 Å². The molecule has 1 aromatic carbocycles. The van der Waals surface area contributed by atoms with E-state index in [1.165, 1.54) is 0 Å². The minimum Gasteiger partial charge on any atom is -0.377 e. The van der Waals surface area contributed by atoms with Crippen LogP contribution in [0.3, 0.4) is 0 Å². The lowest BCUT2D eigenvalue weighted by Gasteiger charge is -2.27. The van der Waals surface area contributed by atoms with Gasteiger partial charge in [-0.2, -0.15) is 4.99 Å². The van der Waals surface area contributed by atoms with Crippen LogP contribution in [0, 0.1) is 0 Å². The molecule has 1 rings (SSSR count). The Labute approximate surface area is 148 Å². The van der Waals surface area contributed by atoms with E-state index < -0.39 is 8.80 Å². The van der Waals surface area contributed by atoms with E-state index in [9.17, 15) is 0 Å². The fraction of sp³-hybridized carbons (Fsp3) is 0.429. The van der Waals surface area contributed by atoms with E-state index in [4.69, 9.17) is 31.2 Å². The predicted octanol–water partition coefficient (Wildman–Crippen LogP) is 2.56. The van der Waals surface area contributed by atoms with Gasteiger partial charge in [-0.3, -0.25) is 0 Å². The van der Waals surface area contributed by atoms with Gasteiger partial charge < -0.3 is 24.3 Å². The molecule has 3 N–H and O–H groups in total. The number of benzene rings is 1. The van der Waals surface area contributed by atoms with Crippen LogP contribution in [-0.4, -0.2) is 40.4 Å². The average molecular weight is 372 g/mol. The first-order valence-corrected chi connectivity index (χ1v) is 9.64. The molecule has 23 heavy (non-hydrogen) atoms. The van der Waals surface area contributed by atoms with Gasteiger partial charge in [0.15, 0.2) is 5.11 Å². The molecule has 0 fully saturated rings. The van der Waals surface area contributed by atoms with Gasteiger partial charge in [0.05, 0.1) is 16.9 Å². The first-order valence-electron chi connectivity index (χ1n) is 6.89. The Morgan fingerprint density at radius 1 is 1.26 bits per heavy atom. The highest BCUT2D eigenvalue weighted by molar-refractivity contribution is 7.80. The van der Waals surface area contributed by atoms with Crippen LogP contribution < -0.4 is 11.1 Å². The van der Waals surface area contributed by atoms with Crippen LogP contribution in [0.2, 0.25) is 6.04 Å². The minimum absolute atomic E-state index is 0.0784. The molecule has 0 radical (unpaired) electrons. The quantitative estimate of drug-likeness (QED) is 0.392. The molecule has 1 unspecified atom stereocenters. The zero-order valence-electron chi connectivity index (χ0n) is 13.4. The second-order valence-electron chi connectivity index (χ2n) is 4.69. The number of hydrogen-bond donors (Lipinski definition) is 2. The Morgan fingerprint density at radius 3 is 2.26 bits per heavy atom. The number of rotatable bonds is 9. The third kappa shape index (κ3) is 6.07. The van der Waals surface area contributed by atoms with Crippen molar-refractivity contribution < 1.29 is 13.3 Å². The van der Waals surface area contributed by atoms with E-state index in [0.29, 0.717) is 12.5 Å². The van der Waals surface area contributed by atoms with Gasteiger partial charge in [-0.1, -0.05) is 12.1 Å². The Kier molecular flexibility index (Phi) is 8.49. The highest BCUT2D eigenvalue weighted by Crippen LogP contribution is 2.26. The zero-order chi connectivity index (χ0) is 17.3. The molecule has 0 spiro atoms. The van der Waals surface area contributed by atoms with Crippen molar-refractivity contribution >= 4 is 49.2 Å². The Balaban J connectivity index is 2.91. The second kappa shape index (κ2) is 9.84. The normalized spacial score (nSPS) is 12.3. The number of hydrogen-bond acceptors (Lipinski definition) is 6. The average Bonchev–Trinajstić information content (AvgIpc) is 2.56. The molecule has 1 atom stereocenters. The summed E-state index contributed by atoms with van der Waals surface area (Å²) in [6.45, 7) is 0. The number of thiocarbonyl (C=S) groups is 2. The van der Waals surface area contributed by atoms with E-state index in [1.807, 2.05) is 24.3 Å². The van der Waals surface area contributed by atoms with Crippen LogP contribution >= 0.6 is 24.4 Å². The van der Waals surface area contributed by atoms with Crippen molar-refractivity contribution in [1.29, 1.82) is 0 Å². The summed E-state index contributed by atoms with van der Waals surface area (Å²) in [5.74, 6) is 0. The van der Waals surface area contributed by atoms with Crippen molar-refractivity contribution in [3.63, 3.8) is 0 Å². The summed E-state index contributed by atoms with van der Waals surface area (Å²) in [4.78, 5) is 3.93. The van der Waals surface area contributed by atoms with Crippen LogP contribution in [0.1, 0.15) is 18.0 Å². The molecule has 0 aliphatic carbocycles. The van der Waals surface area contributed by atoms with Crippen LogP contribution in [-0.2, 0) is 13.3 Å². The molecule has 0 saturated carbocycles. The van der Waals surface area contributed by atoms with Gasteiger partial charge in [0, 0.05) is 27.4 Å². The largest absolute Gasteiger partial charge is 0.500 e. The Bertz CT molecular complexity index is 553. The van der Waals surface area contributed by atoms with Crippen LogP contribution in [0.5, 0.6) is 0 Å². The van der Waals surface area contributed by atoms with Gasteiger partial charge in [0.2, 0.25) is 0 Å². The molecular weight excluding hydrogens is 350 g/mol. The van der Waals surface area contributed by atoms with Crippen molar-refractivity contribution in [1.82, 2.24) is 5.32 Å². The van der Waals surface area contributed by atoms with Gasteiger partial charge >= 0.3 is 8.80 Å². The third-order valence-corrected chi connectivity index (χ3v) is 6.44. The highest BCUT2D eigenvalue weighted by Gasteiger charge is 2.38. The van der Waals surface area contributed by atoms with E-state index in [-0.39, 0.29) is 11.2 Å². The Hall–Kier alpha value is -1.19. The van der Waals surface area contributed by atoms with Crippen molar-refractivity contribution in [2.75, 3.05) is 21.3 Å². The van der Waals surface area contributed by atoms with Gasteiger partial charge in [-0.05, 0) is 48.6 Å². The van der Waals surface area contributed by atoms with E-state index in [1.54, 1.807) is 21.3 Å². The van der Waals surface area contributed by atoms with Crippen molar-refractivity contribution in [3.8, 4) is 0 Å². The van der Waals surface area contributed by atoms with Crippen LogP contribution in [0.15, 0.2) is 29.3 Å². The lowest BCUT2D eigenvalue weighted by molar-refractivity contribution is 0.122. The molecule has 0 aliphatic rings. The number of aliphatic imine (C=N–C) groups is 1.